The van der Waals surface area contributed by atoms with Gasteiger partial charge in [-0.15, -0.1) is 0 Å². The fourth-order valence-corrected chi connectivity index (χ4v) is 1.90. The summed E-state index contributed by atoms with van der Waals surface area (Å²) in [5.74, 6) is 1.37. The highest BCUT2D eigenvalue weighted by molar-refractivity contribution is 5.81. The first-order valence-corrected chi connectivity index (χ1v) is 5.74. The molecular weight excluding hydrogens is 230 g/mol. The molecule has 1 aromatic heterocycles. The van der Waals surface area contributed by atoms with Crippen molar-refractivity contribution in [1.82, 2.24) is 20.2 Å². The molecule has 0 unspecified atom stereocenters. The zero-order chi connectivity index (χ0) is 12.8. The van der Waals surface area contributed by atoms with Crippen LogP contribution in [-0.2, 0) is 0 Å². The summed E-state index contributed by atoms with van der Waals surface area (Å²) in [6.07, 6.45) is 5.38. The average Bonchev–Trinajstić information content (AvgIpc) is 2.46. The van der Waals surface area contributed by atoms with Gasteiger partial charge in [0.2, 0.25) is 11.9 Å². The van der Waals surface area contributed by atoms with Gasteiger partial charge in [-0.1, -0.05) is 0 Å². The summed E-state index contributed by atoms with van der Waals surface area (Å²) in [7, 11) is 1.67. The molecule has 0 bridgehead atoms. The summed E-state index contributed by atoms with van der Waals surface area (Å²) >= 11 is 0. The normalized spacial score (nSPS) is 16.3. The number of hydrogen-bond donors (Lipinski definition) is 1. The van der Waals surface area contributed by atoms with Crippen LogP contribution in [0.3, 0.4) is 0 Å². The first-order chi connectivity index (χ1) is 8.85. The van der Waals surface area contributed by atoms with E-state index in [2.05, 4.69) is 25.2 Å². The Hall–Kier alpha value is -2.36. The first-order valence-electron chi connectivity index (χ1n) is 5.74. The van der Waals surface area contributed by atoms with Crippen LogP contribution in [0.5, 0.6) is 0 Å². The van der Waals surface area contributed by atoms with Gasteiger partial charge in [-0.25, -0.2) is 9.97 Å². The van der Waals surface area contributed by atoms with Crippen LogP contribution in [0, 0.1) is 11.5 Å². The number of piperazine rings is 1. The summed E-state index contributed by atoms with van der Waals surface area (Å²) in [5, 5.41) is 11.2. The molecule has 1 N–H and O–H groups in total. The van der Waals surface area contributed by atoms with E-state index in [9.17, 15) is 0 Å². The SMILES string of the molecule is CN=C(NC#N)N1CCN(c2ncccn2)CC1. The molecule has 0 spiro atoms. The Balaban J connectivity index is 1.94. The van der Waals surface area contributed by atoms with Gasteiger partial charge in [0.05, 0.1) is 0 Å². The van der Waals surface area contributed by atoms with Crippen molar-refractivity contribution in [3.05, 3.63) is 18.5 Å². The van der Waals surface area contributed by atoms with Gasteiger partial charge in [-0.05, 0) is 6.07 Å². The minimum atomic E-state index is 0.617. The van der Waals surface area contributed by atoms with Gasteiger partial charge in [0.1, 0.15) is 0 Å². The molecule has 1 aliphatic heterocycles. The Labute approximate surface area is 106 Å². The van der Waals surface area contributed by atoms with Crippen molar-refractivity contribution < 1.29 is 0 Å². The van der Waals surface area contributed by atoms with E-state index >= 15 is 0 Å². The lowest BCUT2D eigenvalue weighted by molar-refractivity contribution is 0.375. The highest BCUT2D eigenvalue weighted by Crippen LogP contribution is 2.09. The Morgan fingerprint density at radius 2 is 2.00 bits per heavy atom. The molecular formula is C11H15N7. The van der Waals surface area contributed by atoms with Gasteiger partial charge in [0.15, 0.2) is 6.19 Å². The van der Waals surface area contributed by atoms with Crippen LogP contribution in [0.15, 0.2) is 23.5 Å². The Morgan fingerprint density at radius 3 is 2.56 bits per heavy atom. The summed E-state index contributed by atoms with van der Waals surface area (Å²) in [6, 6.07) is 1.80. The summed E-state index contributed by atoms with van der Waals surface area (Å²) in [5.41, 5.74) is 0. The molecule has 0 aliphatic carbocycles. The maximum atomic E-state index is 8.63. The third-order valence-electron chi connectivity index (χ3n) is 2.79. The summed E-state index contributed by atoms with van der Waals surface area (Å²) in [6.45, 7) is 3.21. The fourth-order valence-electron chi connectivity index (χ4n) is 1.90. The van der Waals surface area contributed by atoms with Crippen molar-refractivity contribution >= 4 is 11.9 Å². The number of nitrogens with one attached hydrogen (secondary N) is 1. The van der Waals surface area contributed by atoms with Crippen molar-refractivity contribution in [3.63, 3.8) is 0 Å². The molecule has 7 nitrogen and oxygen atoms in total. The number of nitrogens with zero attached hydrogens (tertiary/aromatic N) is 6. The van der Waals surface area contributed by atoms with E-state index in [1.807, 2.05) is 11.1 Å². The van der Waals surface area contributed by atoms with Gasteiger partial charge in [0, 0.05) is 45.6 Å². The Kier molecular flexibility index (Phi) is 3.91. The average molecular weight is 245 g/mol. The Bertz CT molecular complexity index is 442. The third kappa shape index (κ3) is 2.66. The topological polar surface area (TPSA) is 80.4 Å². The van der Waals surface area contributed by atoms with Gasteiger partial charge >= 0.3 is 0 Å². The second-order valence-electron chi connectivity index (χ2n) is 3.81. The van der Waals surface area contributed by atoms with E-state index in [1.54, 1.807) is 25.5 Å². The number of nitriles is 1. The Morgan fingerprint density at radius 1 is 1.33 bits per heavy atom. The highest BCUT2D eigenvalue weighted by Gasteiger charge is 2.20. The molecule has 18 heavy (non-hydrogen) atoms. The van der Waals surface area contributed by atoms with E-state index < -0.39 is 0 Å². The van der Waals surface area contributed by atoms with Gasteiger partial charge in [-0.2, -0.15) is 5.26 Å². The molecule has 0 saturated carbocycles. The number of guanidine groups is 1. The standard InChI is InChI=1S/C11H15N7/c1-13-10(16-9-12)17-5-7-18(8-6-17)11-14-3-2-4-15-11/h2-4H,5-8H2,1H3,(H,13,16). The van der Waals surface area contributed by atoms with Crippen LogP contribution >= 0.6 is 0 Å². The van der Waals surface area contributed by atoms with E-state index in [4.69, 9.17) is 5.26 Å². The minimum Gasteiger partial charge on any atom is -0.339 e. The van der Waals surface area contributed by atoms with Crippen molar-refractivity contribution in [3.8, 4) is 6.19 Å². The molecule has 1 saturated heterocycles. The summed E-state index contributed by atoms with van der Waals surface area (Å²) in [4.78, 5) is 16.7. The first kappa shape index (κ1) is 12.1. The molecule has 94 valence electrons. The second kappa shape index (κ2) is 5.82. The number of aliphatic imine (C=N–C) groups is 1. The number of hydrogen-bond acceptors (Lipinski definition) is 5. The van der Waals surface area contributed by atoms with E-state index in [0.29, 0.717) is 5.96 Å². The maximum Gasteiger partial charge on any atom is 0.225 e. The lowest BCUT2D eigenvalue weighted by Crippen LogP contribution is -2.52. The van der Waals surface area contributed by atoms with Gasteiger partial charge in [0.25, 0.3) is 0 Å². The smallest absolute Gasteiger partial charge is 0.225 e. The molecule has 0 aromatic carbocycles. The quantitative estimate of drug-likeness (QED) is 0.315. The highest BCUT2D eigenvalue weighted by atomic mass is 15.4. The molecule has 1 aliphatic rings. The number of rotatable bonds is 1. The van der Waals surface area contributed by atoms with Crippen molar-refractivity contribution in [2.45, 2.75) is 0 Å². The van der Waals surface area contributed by atoms with Crippen molar-refractivity contribution in [1.29, 1.82) is 5.26 Å². The third-order valence-corrected chi connectivity index (χ3v) is 2.79. The lowest BCUT2D eigenvalue weighted by atomic mass is 10.3. The lowest BCUT2D eigenvalue weighted by Gasteiger charge is -2.35. The number of anilines is 1. The van der Waals surface area contributed by atoms with Gasteiger partial charge < -0.3 is 9.80 Å². The zero-order valence-corrected chi connectivity index (χ0v) is 10.2. The van der Waals surface area contributed by atoms with E-state index in [0.717, 1.165) is 32.1 Å². The van der Waals surface area contributed by atoms with Crippen LogP contribution in [-0.4, -0.2) is 54.1 Å². The fraction of sp³-hybridized carbons (Fsp3) is 0.455. The monoisotopic (exact) mass is 245 g/mol. The van der Waals surface area contributed by atoms with Crippen LogP contribution in [0.1, 0.15) is 0 Å². The molecule has 1 aromatic rings. The zero-order valence-electron chi connectivity index (χ0n) is 10.2. The maximum absolute atomic E-state index is 8.63. The van der Waals surface area contributed by atoms with Crippen LogP contribution in [0.4, 0.5) is 5.95 Å². The molecule has 0 radical (unpaired) electrons. The van der Waals surface area contributed by atoms with Crippen LogP contribution in [0.25, 0.3) is 0 Å². The van der Waals surface area contributed by atoms with Crippen molar-refractivity contribution in [2.75, 3.05) is 38.1 Å². The molecule has 2 rings (SSSR count). The molecule has 0 amide bonds. The minimum absolute atomic E-state index is 0.617. The van der Waals surface area contributed by atoms with Gasteiger partial charge in [-0.3, -0.25) is 10.3 Å². The summed E-state index contributed by atoms with van der Waals surface area (Å²) < 4.78 is 0. The molecule has 7 heteroatoms. The van der Waals surface area contributed by atoms with Crippen LogP contribution < -0.4 is 10.2 Å². The van der Waals surface area contributed by atoms with E-state index in [1.165, 1.54) is 0 Å². The second-order valence-corrected chi connectivity index (χ2v) is 3.81. The largest absolute Gasteiger partial charge is 0.339 e. The molecule has 2 heterocycles. The van der Waals surface area contributed by atoms with Crippen LogP contribution in [0.2, 0.25) is 0 Å². The molecule has 0 atom stereocenters. The predicted molar refractivity (Wildman–Crippen MR) is 67.9 cm³/mol. The predicted octanol–water partition coefficient (Wildman–Crippen LogP) is -0.345. The van der Waals surface area contributed by atoms with Crippen molar-refractivity contribution in [2.24, 2.45) is 4.99 Å². The number of aromatic nitrogens is 2. The molecule has 1 fully saturated rings. The van der Waals surface area contributed by atoms with E-state index in [-0.39, 0.29) is 0 Å².